The van der Waals surface area contributed by atoms with Crippen molar-refractivity contribution in [3.63, 3.8) is 0 Å². The third-order valence-corrected chi connectivity index (χ3v) is 4.58. The van der Waals surface area contributed by atoms with Crippen LogP contribution in [0.5, 0.6) is 0 Å². The summed E-state index contributed by atoms with van der Waals surface area (Å²) in [6, 6.07) is 6.96. The molecule has 3 rings (SSSR count). The summed E-state index contributed by atoms with van der Waals surface area (Å²) in [5, 5.41) is 3.54. The van der Waals surface area contributed by atoms with Gasteiger partial charge in [0.15, 0.2) is 0 Å². The van der Waals surface area contributed by atoms with Crippen LogP contribution >= 0.6 is 0 Å². The first kappa shape index (κ1) is 12.0. The molecule has 1 unspecified atom stereocenters. The van der Waals surface area contributed by atoms with Crippen molar-refractivity contribution in [2.45, 2.75) is 39.5 Å². The molecular weight excluding hydrogens is 218 g/mol. The van der Waals surface area contributed by atoms with Gasteiger partial charge < -0.3 is 5.32 Å². The predicted molar refractivity (Wildman–Crippen MR) is 77.7 cm³/mol. The second-order valence-corrected chi connectivity index (χ2v) is 6.13. The Balaban J connectivity index is 1.99. The first-order valence-corrected chi connectivity index (χ1v) is 7.19. The van der Waals surface area contributed by atoms with Gasteiger partial charge in [-0.3, -0.25) is 0 Å². The van der Waals surface area contributed by atoms with Crippen LogP contribution in [0.15, 0.2) is 24.3 Å². The van der Waals surface area contributed by atoms with Gasteiger partial charge in [-0.05, 0) is 74.7 Å². The van der Waals surface area contributed by atoms with Gasteiger partial charge in [-0.1, -0.05) is 29.8 Å². The van der Waals surface area contributed by atoms with Gasteiger partial charge in [0, 0.05) is 0 Å². The van der Waals surface area contributed by atoms with Crippen LogP contribution in [0.25, 0.3) is 5.57 Å². The lowest BCUT2D eigenvalue weighted by Gasteiger charge is -2.35. The standard InChI is InChI=1S/C17H23N/c1-13-4-5-15-12-17(6-3-8-18-9-7-17)11-14(2)16(15)10-13/h4-5,10-11,18H,3,6-9,12H2,1-2H3. The number of hydrogen-bond acceptors (Lipinski definition) is 1. The fourth-order valence-corrected chi connectivity index (χ4v) is 3.65. The number of aryl methyl sites for hydroxylation is 1. The molecule has 0 bridgehead atoms. The van der Waals surface area contributed by atoms with Crippen LogP contribution in [0, 0.1) is 12.3 Å². The second kappa shape index (κ2) is 4.55. The van der Waals surface area contributed by atoms with E-state index in [1.807, 2.05) is 0 Å². The van der Waals surface area contributed by atoms with Gasteiger partial charge in [0.2, 0.25) is 0 Å². The van der Waals surface area contributed by atoms with Crippen LogP contribution in [-0.2, 0) is 6.42 Å². The fourth-order valence-electron chi connectivity index (χ4n) is 3.65. The van der Waals surface area contributed by atoms with Crippen LogP contribution < -0.4 is 5.32 Å². The molecule has 1 aliphatic carbocycles. The van der Waals surface area contributed by atoms with Crippen LogP contribution in [0.4, 0.5) is 0 Å². The molecule has 1 saturated heterocycles. The minimum Gasteiger partial charge on any atom is -0.317 e. The maximum absolute atomic E-state index is 3.54. The summed E-state index contributed by atoms with van der Waals surface area (Å²) in [6.07, 6.45) is 7.75. The summed E-state index contributed by atoms with van der Waals surface area (Å²) < 4.78 is 0. The van der Waals surface area contributed by atoms with E-state index in [-0.39, 0.29) is 0 Å². The zero-order chi connectivity index (χ0) is 12.6. The Morgan fingerprint density at radius 1 is 1.11 bits per heavy atom. The molecule has 1 atom stereocenters. The Kier molecular flexibility index (Phi) is 3.03. The van der Waals surface area contributed by atoms with Crippen molar-refractivity contribution >= 4 is 5.57 Å². The quantitative estimate of drug-likeness (QED) is 0.730. The molecule has 96 valence electrons. The smallest absolute Gasteiger partial charge is 0.00405 e. The van der Waals surface area contributed by atoms with E-state index >= 15 is 0 Å². The molecule has 2 aliphatic rings. The van der Waals surface area contributed by atoms with Crippen LogP contribution in [0.1, 0.15) is 42.9 Å². The second-order valence-electron chi connectivity index (χ2n) is 6.13. The molecule has 0 saturated carbocycles. The Bertz CT molecular complexity index is 476. The molecule has 0 radical (unpaired) electrons. The highest BCUT2D eigenvalue weighted by molar-refractivity contribution is 5.70. The summed E-state index contributed by atoms with van der Waals surface area (Å²) >= 11 is 0. The van der Waals surface area contributed by atoms with Crippen LogP contribution in [0.2, 0.25) is 0 Å². The Morgan fingerprint density at radius 2 is 2.00 bits per heavy atom. The Labute approximate surface area is 110 Å². The summed E-state index contributed by atoms with van der Waals surface area (Å²) in [4.78, 5) is 0. The molecule has 1 fully saturated rings. The highest BCUT2D eigenvalue weighted by Gasteiger charge is 2.32. The molecule has 1 N–H and O–H groups in total. The zero-order valence-electron chi connectivity index (χ0n) is 11.6. The third-order valence-electron chi connectivity index (χ3n) is 4.58. The maximum atomic E-state index is 3.54. The van der Waals surface area contributed by atoms with Crippen molar-refractivity contribution < 1.29 is 0 Å². The normalized spacial score (nSPS) is 27.6. The minimum atomic E-state index is 0.426. The fraction of sp³-hybridized carbons (Fsp3) is 0.529. The lowest BCUT2D eigenvalue weighted by Crippen LogP contribution is -2.26. The summed E-state index contributed by atoms with van der Waals surface area (Å²) in [5.41, 5.74) is 6.33. The predicted octanol–water partition coefficient (Wildman–Crippen LogP) is 3.71. The molecule has 1 aromatic carbocycles. The highest BCUT2D eigenvalue weighted by Crippen LogP contribution is 2.43. The van der Waals surface area contributed by atoms with E-state index < -0.39 is 0 Å². The summed E-state index contributed by atoms with van der Waals surface area (Å²) in [7, 11) is 0. The van der Waals surface area contributed by atoms with Gasteiger partial charge in [-0.25, -0.2) is 0 Å². The Hall–Kier alpha value is -1.08. The number of benzene rings is 1. The first-order chi connectivity index (χ1) is 8.69. The molecule has 1 heteroatoms. The van der Waals surface area contributed by atoms with Crippen molar-refractivity contribution in [2.24, 2.45) is 5.41 Å². The van der Waals surface area contributed by atoms with E-state index in [0.29, 0.717) is 5.41 Å². The SMILES string of the molecule is CC1=CC2(CCCNCC2)Cc2ccc(C)cc21. The van der Waals surface area contributed by atoms with Crippen molar-refractivity contribution in [1.29, 1.82) is 0 Å². The van der Waals surface area contributed by atoms with Gasteiger partial charge in [0.25, 0.3) is 0 Å². The molecule has 1 spiro atoms. The maximum Gasteiger partial charge on any atom is -0.00405 e. The molecule has 1 nitrogen and oxygen atoms in total. The van der Waals surface area contributed by atoms with Gasteiger partial charge in [-0.15, -0.1) is 0 Å². The van der Waals surface area contributed by atoms with Crippen molar-refractivity contribution in [2.75, 3.05) is 13.1 Å². The molecule has 0 amide bonds. The largest absolute Gasteiger partial charge is 0.317 e. The van der Waals surface area contributed by atoms with Gasteiger partial charge >= 0.3 is 0 Å². The lowest BCUT2D eigenvalue weighted by molar-refractivity contribution is 0.332. The molecule has 18 heavy (non-hydrogen) atoms. The molecule has 0 aromatic heterocycles. The van der Waals surface area contributed by atoms with E-state index in [2.05, 4.69) is 43.4 Å². The van der Waals surface area contributed by atoms with Gasteiger partial charge in [0.05, 0.1) is 0 Å². The number of rotatable bonds is 0. The van der Waals surface area contributed by atoms with Crippen molar-refractivity contribution in [1.82, 2.24) is 5.32 Å². The minimum absolute atomic E-state index is 0.426. The monoisotopic (exact) mass is 241 g/mol. The topological polar surface area (TPSA) is 12.0 Å². The van der Waals surface area contributed by atoms with E-state index in [1.165, 1.54) is 55.5 Å². The number of nitrogens with one attached hydrogen (secondary N) is 1. The number of fused-ring (bicyclic) bond motifs is 1. The van der Waals surface area contributed by atoms with E-state index in [0.717, 1.165) is 0 Å². The van der Waals surface area contributed by atoms with Gasteiger partial charge in [0.1, 0.15) is 0 Å². The van der Waals surface area contributed by atoms with Gasteiger partial charge in [-0.2, -0.15) is 0 Å². The molecule has 1 aromatic rings. The van der Waals surface area contributed by atoms with Crippen molar-refractivity contribution in [3.05, 3.63) is 41.0 Å². The number of hydrogen-bond donors (Lipinski definition) is 1. The first-order valence-electron chi connectivity index (χ1n) is 7.19. The van der Waals surface area contributed by atoms with Crippen LogP contribution in [0.3, 0.4) is 0 Å². The molecule has 1 heterocycles. The lowest BCUT2D eigenvalue weighted by atomic mass is 9.69. The van der Waals surface area contributed by atoms with Crippen molar-refractivity contribution in [3.8, 4) is 0 Å². The Morgan fingerprint density at radius 3 is 2.89 bits per heavy atom. The zero-order valence-corrected chi connectivity index (χ0v) is 11.6. The average Bonchev–Trinajstić information content (AvgIpc) is 2.56. The van der Waals surface area contributed by atoms with E-state index in [4.69, 9.17) is 0 Å². The third kappa shape index (κ3) is 2.12. The number of allylic oxidation sites excluding steroid dienone is 2. The molecule has 1 aliphatic heterocycles. The van der Waals surface area contributed by atoms with Crippen LogP contribution in [-0.4, -0.2) is 13.1 Å². The highest BCUT2D eigenvalue weighted by atomic mass is 14.9. The summed E-state index contributed by atoms with van der Waals surface area (Å²) in [6.45, 7) is 6.84. The van der Waals surface area contributed by atoms with E-state index in [9.17, 15) is 0 Å². The average molecular weight is 241 g/mol. The van der Waals surface area contributed by atoms with E-state index in [1.54, 1.807) is 5.56 Å². The molecular formula is C17H23N. The summed E-state index contributed by atoms with van der Waals surface area (Å²) in [5.74, 6) is 0.